The highest BCUT2D eigenvalue weighted by Gasteiger charge is 2.30. The summed E-state index contributed by atoms with van der Waals surface area (Å²) in [6.07, 6.45) is -4.40. The summed E-state index contributed by atoms with van der Waals surface area (Å²) in [5, 5.41) is 0. The van der Waals surface area contributed by atoms with Crippen LogP contribution in [0.2, 0.25) is 0 Å². The Morgan fingerprint density at radius 2 is 1.58 bits per heavy atom. The number of benzene rings is 2. The zero-order valence-electron chi connectivity index (χ0n) is 10.1. The highest BCUT2D eigenvalue weighted by molar-refractivity contribution is 5.70. The summed E-state index contributed by atoms with van der Waals surface area (Å²) in [6.45, 7) is 1.51. The van der Waals surface area contributed by atoms with Gasteiger partial charge in [0.2, 0.25) is 0 Å². The molecule has 0 saturated carbocycles. The molecule has 0 atom stereocenters. The first kappa shape index (κ1) is 13.4. The molecule has 0 heterocycles. The van der Waals surface area contributed by atoms with Gasteiger partial charge in [-0.15, -0.1) is 0 Å². The molecule has 0 aliphatic carbocycles. The van der Waals surface area contributed by atoms with Gasteiger partial charge in [-0.25, -0.2) is 4.39 Å². The quantitative estimate of drug-likeness (QED) is 0.602. The van der Waals surface area contributed by atoms with Gasteiger partial charge in [-0.3, -0.25) is 0 Å². The van der Waals surface area contributed by atoms with E-state index in [1.165, 1.54) is 25.1 Å². The molecule has 0 amide bonds. The molecule has 100 valence electrons. The van der Waals surface area contributed by atoms with E-state index in [0.717, 1.165) is 18.2 Å². The fraction of sp³-hybridized carbons (Fsp3) is 0.143. The largest absolute Gasteiger partial charge is 0.416 e. The summed E-state index contributed by atoms with van der Waals surface area (Å²) in [6, 6.07) is 7.33. The minimum absolute atomic E-state index is 0.237. The van der Waals surface area contributed by atoms with E-state index < -0.39 is 17.6 Å². The third kappa shape index (κ3) is 2.70. The van der Waals surface area contributed by atoms with Crippen LogP contribution in [0.4, 0.5) is 23.2 Å². The van der Waals surface area contributed by atoms with Crippen molar-refractivity contribution in [1.29, 1.82) is 0 Å². The van der Waals surface area contributed by atoms with Crippen molar-refractivity contribution in [2.45, 2.75) is 13.1 Å². The third-order valence-electron chi connectivity index (χ3n) is 2.84. The Morgan fingerprint density at radius 3 is 2.11 bits per heavy atom. The molecule has 0 spiro atoms. The summed E-state index contributed by atoms with van der Waals surface area (Å²) in [4.78, 5) is 0. The van der Waals surface area contributed by atoms with Crippen molar-refractivity contribution in [2.75, 3.05) is 5.73 Å². The van der Waals surface area contributed by atoms with Crippen LogP contribution < -0.4 is 5.73 Å². The van der Waals surface area contributed by atoms with E-state index in [1.54, 1.807) is 0 Å². The van der Waals surface area contributed by atoms with E-state index in [0.29, 0.717) is 11.1 Å². The molecule has 2 N–H and O–H groups in total. The molecule has 0 radical (unpaired) electrons. The normalized spacial score (nSPS) is 11.6. The van der Waals surface area contributed by atoms with Gasteiger partial charge in [-0.05, 0) is 48.4 Å². The van der Waals surface area contributed by atoms with Crippen molar-refractivity contribution in [3.05, 3.63) is 53.3 Å². The van der Waals surface area contributed by atoms with Gasteiger partial charge in [0.1, 0.15) is 5.82 Å². The Labute approximate surface area is 107 Å². The lowest BCUT2D eigenvalue weighted by Crippen LogP contribution is -2.05. The lowest BCUT2D eigenvalue weighted by Gasteiger charge is -2.12. The summed E-state index contributed by atoms with van der Waals surface area (Å²) in [7, 11) is 0. The van der Waals surface area contributed by atoms with Gasteiger partial charge in [-0.2, -0.15) is 13.2 Å². The molecule has 0 bridgehead atoms. The highest BCUT2D eigenvalue weighted by atomic mass is 19.4. The number of hydrogen-bond acceptors (Lipinski definition) is 1. The average molecular weight is 269 g/mol. The van der Waals surface area contributed by atoms with Crippen LogP contribution in [0.25, 0.3) is 11.1 Å². The average Bonchev–Trinajstić information content (AvgIpc) is 2.28. The molecule has 2 aromatic rings. The Bertz CT molecular complexity index is 617. The zero-order valence-corrected chi connectivity index (χ0v) is 10.1. The summed E-state index contributed by atoms with van der Waals surface area (Å²) in [5.74, 6) is -0.553. The molecule has 0 aliphatic rings. The SMILES string of the molecule is Cc1cc(C(F)(F)F)ccc1-c1ccc(N)cc1F. The van der Waals surface area contributed by atoms with E-state index in [4.69, 9.17) is 5.73 Å². The maximum atomic E-state index is 13.7. The smallest absolute Gasteiger partial charge is 0.399 e. The number of alkyl halides is 3. The number of halogens is 4. The molecule has 0 unspecified atom stereocenters. The fourth-order valence-electron chi connectivity index (χ4n) is 1.89. The predicted octanol–water partition coefficient (Wildman–Crippen LogP) is 4.40. The van der Waals surface area contributed by atoms with E-state index in [9.17, 15) is 17.6 Å². The Morgan fingerprint density at radius 1 is 0.947 bits per heavy atom. The van der Waals surface area contributed by atoms with E-state index in [1.807, 2.05) is 0 Å². The van der Waals surface area contributed by atoms with Gasteiger partial charge >= 0.3 is 6.18 Å². The van der Waals surface area contributed by atoms with Crippen LogP contribution in [-0.2, 0) is 6.18 Å². The second-order valence-electron chi connectivity index (χ2n) is 4.27. The Hall–Kier alpha value is -2.04. The first-order valence-electron chi connectivity index (χ1n) is 5.52. The number of nitrogen functional groups attached to an aromatic ring is 1. The molecule has 2 aromatic carbocycles. The van der Waals surface area contributed by atoms with Crippen LogP contribution >= 0.6 is 0 Å². The number of rotatable bonds is 1. The summed E-state index contributed by atoms with van der Waals surface area (Å²) >= 11 is 0. The molecule has 0 aliphatic heterocycles. The number of aryl methyl sites for hydroxylation is 1. The van der Waals surface area contributed by atoms with Gasteiger partial charge < -0.3 is 5.73 Å². The molecule has 19 heavy (non-hydrogen) atoms. The van der Waals surface area contributed by atoms with Crippen LogP contribution in [0.3, 0.4) is 0 Å². The summed E-state index contributed by atoms with van der Waals surface area (Å²) in [5.41, 5.74) is 5.98. The Balaban J connectivity index is 2.52. The van der Waals surface area contributed by atoms with Crippen molar-refractivity contribution in [3.8, 4) is 11.1 Å². The monoisotopic (exact) mass is 269 g/mol. The van der Waals surface area contributed by atoms with Gasteiger partial charge in [0.15, 0.2) is 0 Å². The molecule has 1 nitrogen and oxygen atoms in total. The van der Waals surface area contributed by atoms with Crippen molar-refractivity contribution < 1.29 is 17.6 Å². The van der Waals surface area contributed by atoms with Crippen molar-refractivity contribution in [3.63, 3.8) is 0 Å². The molecular weight excluding hydrogens is 258 g/mol. The standard InChI is InChI=1S/C14H11F4N/c1-8-6-9(14(16,17)18)2-4-11(8)12-5-3-10(19)7-13(12)15/h2-7H,19H2,1H3. The number of anilines is 1. The van der Waals surface area contributed by atoms with Crippen LogP contribution in [-0.4, -0.2) is 0 Å². The zero-order chi connectivity index (χ0) is 14.2. The van der Waals surface area contributed by atoms with E-state index in [-0.39, 0.29) is 11.3 Å². The first-order valence-corrected chi connectivity index (χ1v) is 5.52. The topological polar surface area (TPSA) is 26.0 Å². The predicted molar refractivity (Wildman–Crippen MR) is 66.0 cm³/mol. The second kappa shape index (κ2) is 4.57. The number of hydrogen-bond donors (Lipinski definition) is 1. The van der Waals surface area contributed by atoms with Crippen LogP contribution in [0, 0.1) is 12.7 Å². The van der Waals surface area contributed by atoms with E-state index >= 15 is 0 Å². The molecule has 5 heteroatoms. The van der Waals surface area contributed by atoms with Gasteiger partial charge in [0.05, 0.1) is 5.56 Å². The van der Waals surface area contributed by atoms with Crippen molar-refractivity contribution in [1.82, 2.24) is 0 Å². The van der Waals surface area contributed by atoms with Gasteiger partial charge in [-0.1, -0.05) is 6.07 Å². The molecule has 0 saturated heterocycles. The van der Waals surface area contributed by atoms with Crippen LogP contribution in [0.1, 0.15) is 11.1 Å². The minimum atomic E-state index is -4.40. The highest BCUT2D eigenvalue weighted by Crippen LogP contribution is 2.34. The van der Waals surface area contributed by atoms with Crippen molar-refractivity contribution >= 4 is 5.69 Å². The third-order valence-corrected chi connectivity index (χ3v) is 2.84. The Kier molecular flexibility index (Phi) is 3.22. The molecule has 2 rings (SSSR count). The van der Waals surface area contributed by atoms with Gasteiger partial charge in [0, 0.05) is 11.3 Å². The van der Waals surface area contributed by atoms with Gasteiger partial charge in [0.25, 0.3) is 0 Å². The minimum Gasteiger partial charge on any atom is -0.399 e. The second-order valence-corrected chi connectivity index (χ2v) is 4.27. The molecule has 0 fully saturated rings. The fourth-order valence-corrected chi connectivity index (χ4v) is 1.89. The lowest BCUT2D eigenvalue weighted by molar-refractivity contribution is -0.137. The maximum absolute atomic E-state index is 13.7. The molecular formula is C14H11F4N. The number of nitrogens with two attached hydrogens (primary N) is 1. The summed E-state index contributed by atoms with van der Waals surface area (Å²) < 4.78 is 51.4. The lowest BCUT2D eigenvalue weighted by atomic mass is 9.97. The van der Waals surface area contributed by atoms with E-state index in [2.05, 4.69) is 0 Å². The molecule has 0 aromatic heterocycles. The van der Waals surface area contributed by atoms with Crippen LogP contribution in [0.15, 0.2) is 36.4 Å². The van der Waals surface area contributed by atoms with Crippen LogP contribution in [0.5, 0.6) is 0 Å². The first-order chi connectivity index (χ1) is 8.79. The van der Waals surface area contributed by atoms with Crippen molar-refractivity contribution in [2.24, 2.45) is 0 Å². The maximum Gasteiger partial charge on any atom is 0.416 e.